The Morgan fingerprint density at radius 2 is 1.36 bits per heavy atom. The van der Waals surface area contributed by atoms with Crippen LogP contribution in [0, 0.1) is 5.92 Å². The van der Waals surface area contributed by atoms with Gasteiger partial charge < -0.3 is 25.8 Å². The second-order valence-electron chi connectivity index (χ2n) is 6.65. The quantitative estimate of drug-likeness (QED) is 0.212. The molecule has 0 aliphatic carbocycles. The molecule has 0 atom stereocenters. The first-order valence-electron chi connectivity index (χ1n) is 7.42. The van der Waals surface area contributed by atoms with Crippen LogP contribution in [-0.4, -0.2) is 52.3 Å². The van der Waals surface area contributed by atoms with Crippen LogP contribution in [-0.2, 0) is 4.79 Å². The zero-order valence-electron chi connectivity index (χ0n) is 14.5. The fourth-order valence-electron chi connectivity index (χ4n) is 1.68. The van der Waals surface area contributed by atoms with Gasteiger partial charge in [-0.15, -0.1) is 0 Å². The lowest BCUT2D eigenvalue weighted by atomic mass is 9.95. The monoisotopic (exact) mass is 314 g/mol. The molecule has 0 aliphatic heterocycles. The topological polar surface area (TPSA) is 106 Å². The van der Waals surface area contributed by atoms with Gasteiger partial charge >= 0.3 is 0 Å². The van der Waals surface area contributed by atoms with Gasteiger partial charge in [0.1, 0.15) is 6.29 Å². The van der Waals surface area contributed by atoms with E-state index < -0.39 is 11.1 Å². The average molecular weight is 314 g/mol. The molecular weight excluding hydrogens is 284 g/mol. The predicted octanol–water partition coefficient (Wildman–Crippen LogP) is 1.63. The zero-order chi connectivity index (χ0) is 17.4. The number of aldehydes is 1. The molecule has 0 amide bonds. The third-order valence-electron chi connectivity index (χ3n) is 4.20. The minimum Gasteiger partial charge on any atom is -0.411 e. The van der Waals surface area contributed by atoms with Gasteiger partial charge in [-0.3, -0.25) is 0 Å². The van der Waals surface area contributed by atoms with Crippen molar-refractivity contribution in [3.63, 3.8) is 0 Å². The van der Waals surface area contributed by atoms with Crippen LogP contribution in [0.15, 0.2) is 10.3 Å². The van der Waals surface area contributed by atoms with Crippen molar-refractivity contribution in [3.8, 4) is 0 Å². The summed E-state index contributed by atoms with van der Waals surface area (Å²) in [5.74, 6) is 0.0778. The number of nitrogens with zero attached hydrogens (tertiary/aromatic N) is 2. The Kier molecular flexibility index (Phi) is 8.26. The minimum absolute atomic E-state index is 0.0778. The van der Waals surface area contributed by atoms with Crippen LogP contribution in [0.2, 0.25) is 0 Å². The molecule has 0 spiro atoms. The average Bonchev–Trinajstić information content (AvgIpc) is 2.48. The van der Waals surface area contributed by atoms with Crippen LogP contribution in [0.1, 0.15) is 48.0 Å². The van der Waals surface area contributed by atoms with E-state index in [9.17, 15) is 4.79 Å². The molecule has 128 valence electrons. The summed E-state index contributed by atoms with van der Waals surface area (Å²) in [4.78, 5) is 10.9. The molecule has 0 saturated carbocycles. The lowest BCUT2D eigenvalue weighted by molar-refractivity contribution is -0.108. The number of nitrogens with one attached hydrogen (secondary N) is 2. The second-order valence-corrected chi connectivity index (χ2v) is 6.65. The Bertz CT molecular complexity index is 383. The number of hydrogen-bond acceptors (Lipinski definition) is 7. The van der Waals surface area contributed by atoms with Gasteiger partial charge in [0.15, 0.2) is 0 Å². The molecule has 0 aromatic heterocycles. The standard InChI is InChI=1S/C15H30N4O3/c1-11(18-21)14(3,4)16-9-13(7-8-20)10-17-15(5,6)12(2)19-22/h8,13,16-17,21-22H,7,9-10H2,1-6H3/b18-11+,19-12+. The largest absolute Gasteiger partial charge is 0.411 e. The van der Waals surface area contributed by atoms with Crippen molar-refractivity contribution in [1.82, 2.24) is 10.6 Å². The van der Waals surface area contributed by atoms with Gasteiger partial charge in [0.25, 0.3) is 0 Å². The van der Waals surface area contributed by atoms with E-state index in [1.165, 1.54) is 0 Å². The Hall–Kier alpha value is -1.47. The molecule has 0 unspecified atom stereocenters. The highest BCUT2D eigenvalue weighted by Crippen LogP contribution is 2.10. The van der Waals surface area contributed by atoms with Crippen LogP contribution < -0.4 is 10.6 Å². The fourth-order valence-corrected chi connectivity index (χ4v) is 1.68. The number of oxime groups is 2. The molecular formula is C15H30N4O3. The lowest BCUT2D eigenvalue weighted by Crippen LogP contribution is -2.51. The summed E-state index contributed by atoms with van der Waals surface area (Å²) in [6, 6.07) is 0. The summed E-state index contributed by atoms with van der Waals surface area (Å²) in [6.07, 6.45) is 1.31. The molecule has 0 rings (SSSR count). The van der Waals surface area contributed by atoms with E-state index in [-0.39, 0.29) is 5.92 Å². The molecule has 4 N–H and O–H groups in total. The van der Waals surface area contributed by atoms with Crippen LogP contribution in [0.3, 0.4) is 0 Å². The maximum absolute atomic E-state index is 10.9. The molecule has 0 aromatic rings. The Labute approximate surface area is 132 Å². The second kappa shape index (κ2) is 8.85. The van der Waals surface area contributed by atoms with Crippen molar-refractivity contribution < 1.29 is 15.2 Å². The summed E-state index contributed by atoms with van der Waals surface area (Å²) < 4.78 is 0. The van der Waals surface area contributed by atoms with Crippen molar-refractivity contribution in [2.75, 3.05) is 13.1 Å². The maximum atomic E-state index is 10.9. The fraction of sp³-hybridized carbons (Fsp3) is 0.800. The van der Waals surface area contributed by atoms with E-state index in [2.05, 4.69) is 20.9 Å². The van der Waals surface area contributed by atoms with E-state index in [0.717, 1.165) is 6.29 Å². The van der Waals surface area contributed by atoms with Crippen molar-refractivity contribution in [3.05, 3.63) is 0 Å². The molecule has 0 saturated heterocycles. The highest BCUT2D eigenvalue weighted by Gasteiger charge is 2.25. The molecule has 7 heteroatoms. The summed E-state index contributed by atoms with van der Waals surface area (Å²) in [5.41, 5.74) is 0.254. The van der Waals surface area contributed by atoms with E-state index in [1.54, 1.807) is 13.8 Å². The molecule has 0 fully saturated rings. The first-order chi connectivity index (χ1) is 10.1. The van der Waals surface area contributed by atoms with Gasteiger partial charge in [0.05, 0.1) is 22.5 Å². The third kappa shape index (κ3) is 6.53. The van der Waals surface area contributed by atoms with Crippen molar-refractivity contribution >= 4 is 17.7 Å². The maximum Gasteiger partial charge on any atom is 0.120 e. The Morgan fingerprint density at radius 3 is 1.64 bits per heavy atom. The predicted molar refractivity (Wildman–Crippen MR) is 88.1 cm³/mol. The summed E-state index contributed by atoms with van der Waals surface area (Å²) in [7, 11) is 0. The number of hydrogen-bond donors (Lipinski definition) is 4. The van der Waals surface area contributed by atoms with E-state index in [0.29, 0.717) is 30.9 Å². The van der Waals surface area contributed by atoms with Crippen LogP contribution >= 0.6 is 0 Å². The molecule has 22 heavy (non-hydrogen) atoms. The number of carbonyl (C=O) groups is 1. The van der Waals surface area contributed by atoms with Crippen LogP contribution in [0.5, 0.6) is 0 Å². The van der Waals surface area contributed by atoms with E-state index in [1.807, 2.05) is 27.7 Å². The third-order valence-corrected chi connectivity index (χ3v) is 4.20. The minimum atomic E-state index is -0.451. The Balaban J connectivity index is 4.66. The van der Waals surface area contributed by atoms with Crippen LogP contribution in [0.4, 0.5) is 0 Å². The SMILES string of the molecule is C/C(=N\O)C(C)(C)NCC(CC=O)CNC(C)(C)/C(C)=N/O. The summed E-state index contributed by atoms with van der Waals surface area (Å²) >= 11 is 0. The number of rotatable bonds is 10. The molecule has 0 heterocycles. The smallest absolute Gasteiger partial charge is 0.120 e. The van der Waals surface area contributed by atoms with Crippen molar-refractivity contribution in [2.24, 2.45) is 16.2 Å². The van der Waals surface area contributed by atoms with Crippen LogP contribution in [0.25, 0.3) is 0 Å². The van der Waals surface area contributed by atoms with Crippen molar-refractivity contribution in [2.45, 2.75) is 59.0 Å². The normalized spacial score (nSPS) is 15.7. The van der Waals surface area contributed by atoms with Gasteiger partial charge in [0.2, 0.25) is 0 Å². The highest BCUT2D eigenvalue weighted by atomic mass is 16.4. The Morgan fingerprint density at radius 1 is 1.00 bits per heavy atom. The first kappa shape index (κ1) is 20.5. The van der Waals surface area contributed by atoms with Crippen molar-refractivity contribution in [1.29, 1.82) is 0 Å². The lowest BCUT2D eigenvalue weighted by Gasteiger charge is -2.31. The van der Waals surface area contributed by atoms with Gasteiger partial charge in [-0.05, 0) is 47.5 Å². The van der Waals surface area contributed by atoms with Gasteiger partial charge in [-0.1, -0.05) is 10.3 Å². The highest BCUT2D eigenvalue weighted by molar-refractivity contribution is 5.90. The molecule has 7 nitrogen and oxygen atoms in total. The van der Waals surface area contributed by atoms with E-state index in [4.69, 9.17) is 10.4 Å². The summed E-state index contributed by atoms with van der Waals surface area (Å²) in [6.45, 7) is 12.3. The van der Waals surface area contributed by atoms with Gasteiger partial charge in [-0.2, -0.15) is 0 Å². The molecule has 0 aliphatic rings. The van der Waals surface area contributed by atoms with Gasteiger partial charge in [0, 0.05) is 19.5 Å². The molecule has 0 radical (unpaired) electrons. The molecule has 0 aromatic carbocycles. The first-order valence-corrected chi connectivity index (χ1v) is 7.42. The molecule has 0 bridgehead atoms. The number of carbonyl (C=O) groups excluding carboxylic acids is 1. The summed E-state index contributed by atoms with van der Waals surface area (Å²) in [5, 5.41) is 30.8. The van der Waals surface area contributed by atoms with Gasteiger partial charge in [-0.25, -0.2) is 0 Å². The van der Waals surface area contributed by atoms with E-state index >= 15 is 0 Å². The zero-order valence-corrected chi connectivity index (χ0v) is 14.5.